The lowest BCUT2D eigenvalue weighted by Gasteiger charge is -2.31. The molecule has 1 saturated heterocycles. The Hall–Kier alpha value is -2.49. The molecule has 1 fully saturated rings. The van der Waals surface area contributed by atoms with E-state index >= 15 is 0 Å². The maximum atomic E-state index is 12.9. The van der Waals surface area contributed by atoms with Gasteiger partial charge in [0, 0.05) is 37.9 Å². The summed E-state index contributed by atoms with van der Waals surface area (Å²) in [5, 5.41) is 14.6. The lowest BCUT2D eigenvalue weighted by molar-refractivity contribution is -0.384. The molecule has 0 radical (unpaired) electrons. The number of hydrogen-bond donors (Lipinski definition) is 1. The third kappa shape index (κ3) is 4.32. The molecular formula is C19H24N4O4S. The van der Waals surface area contributed by atoms with Crippen LogP contribution in [0.3, 0.4) is 0 Å². The van der Waals surface area contributed by atoms with Gasteiger partial charge < -0.3 is 10.2 Å². The zero-order chi connectivity index (χ0) is 20.3. The minimum atomic E-state index is -3.77. The van der Waals surface area contributed by atoms with Crippen LogP contribution in [0.15, 0.2) is 47.4 Å². The second-order valence-electron chi connectivity index (χ2n) is 6.82. The van der Waals surface area contributed by atoms with Crippen LogP contribution in [0.2, 0.25) is 0 Å². The van der Waals surface area contributed by atoms with Crippen LogP contribution in [0.4, 0.5) is 17.1 Å². The summed E-state index contributed by atoms with van der Waals surface area (Å²) in [6.45, 7) is 4.06. The lowest BCUT2D eigenvalue weighted by Crippen LogP contribution is -2.47. The van der Waals surface area contributed by atoms with Crippen molar-refractivity contribution < 1.29 is 13.3 Å². The van der Waals surface area contributed by atoms with Crippen LogP contribution in [0, 0.1) is 10.1 Å². The van der Waals surface area contributed by atoms with Crippen LogP contribution in [0.1, 0.15) is 12.5 Å². The lowest BCUT2D eigenvalue weighted by atomic mass is 10.1. The van der Waals surface area contributed by atoms with Crippen LogP contribution in [-0.4, -0.2) is 55.8 Å². The Bertz CT molecular complexity index is 952. The van der Waals surface area contributed by atoms with Gasteiger partial charge in [0.15, 0.2) is 0 Å². The highest BCUT2D eigenvalue weighted by molar-refractivity contribution is 7.89. The largest absolute Gasteiger partial charge is 0.350 e. The summed E-state index contributed by atoms with van der Waals surface area (Å²) in [6, 6.07) is 11.6. The topological polar surface area (TPSA) is 95.8 Å². The first-order valence-corrected chi connectivity index (χ1v) is 10.6. The van der Waals surface area contributed by atoms with Gasteiger partial charge in [0.25, 0.3) is 5.69 Å². The molecule has 0 aliphatic carbocycles. The zero-order valence-corrected chi connectivity index (χ0v) is 16.8. The Kier molecular flexibility index (Phi) is 5.97. The Morgan fingerprint density at radius 1 is 1.07 bits per heavy atom. The highest BCUT2D eigenvalue weighted by atomic mass is 32.2. The van der Waals surface area contributed by atoms with E-state index < -0.39 is 14.9 Å². The fourth-order valence-corrected chi connectivity index (χ4v) is 4.53. The molecule has 0 amide bonds. The molecule has 0 aromatic heterocycles. The Labute approximate surface area is 165 Å². The molecular weight excluding hydrogens is 380 g/mol. The number of likely N-dealkylation sites (N-methyl/N-ethyl adjacent to an activating group) is 1. The van der Waals surface area contributed by atoms with Crippen molar-refractivity contribution in [3.8, 4) is 0 Å². The summed E-state index contributed by atoms with van der Waals surface area (Å²) in [7, 11) is -1.83. The second kappa shape index (κ2) is 8.26. The molecule has 2 aromatic carbocycles. The fourth-order valence-electron chi connectivity index (χ4n) is 3.09. The van der Waals surface area contributed by atoms with Crippen LogP contribution in [-0.2, 0) is 16.4 Å². The molecule has 150 valence electrons. The Morgan fingerprint density at radius 3 is 2.29 bits per heavy atom. The van der Waals surface area contributed by atoms with E-state index in [-0.39, 0.29) is 16.3 Å². The molecule has 0 unspecified atom stereocenters. The highest BCUT2D eigenvalue weighted by Gasteiger charge is 2.29. The van der Waals surface area contributed by atoms with Crippen LogP contribution in [0.25, 0.3) is 0 Å². The smallest absolute Gasteiger partial charge is 0.294 e. The fraction of sp³-hybridized carbons (Fsp3) is 0.368. The van der Waals surface area contributed by atoms with Gasteiger partial charge >= 0.3 is 0 Å². The zero-order valence-electron chi connectivity index (χ0n) is 16.0. The third-order valence-electron chi connectivity index (χ3n) is 4.91. The van der Waals surface area contributed by atoms with E-state index in [1.54, 1.807) is 0 Å². The van der Waals surface area contributed by atoms with Gasteiger partial charge in [-0.15, -0.1) is 0 Å². The van der Waals surface area contributed by atoms with E-state index in [2.05, 4.69) is 5.32 Å². The maximum absolute atomic E-state index is 12.9. The molecule has 1 aliphatic heterocycles. The van der Waals surface area contributed by atoms with Crippen molar-refractivity contribution in [2.75, 3.05) is 38.5 Å². The molecule has 0 spiro atoms. The van der Waals surface area contributed by atoms with Gasteiger partial charge in [0.2, 0.25) is 10.0 Å². The van der Waals surface area contributed by atoms with Gasteiger partial charge in [-0.2, -0.15) is 4.31 Å². The molecule has 9 heteroatoms. The number of nitrogens with zero attached hydrogens (tertiary/aromatic N) is 3. The molecule has 3 rings (SSSR count). The molecule has 8 nitrogen and oxygen atoms in total. The van der Waals surface area contributed by atoms with Gasteiger partial charge in [0.1, 0.15) is 5.69 Å². The van der Waals surface area contributed by atoms with Gasteiger partial charge in [-0.25, -0.2) is 8.42 Å². The number of piperazine rings is 1. The maximum Gasteiger partial charge on any atom is 0.294 e. The molecule has 1 heterocycles. The first kappa shape index (κ1) is 20.2. The van der Waals surface area contributed by atoms with Gasteiger partial charge in [-0.05, 0) is 43.3 Å². The predicted octanol–water partition coefficient (Wildman–Crippen LogP) is 2.84. The van der Waals surface area contributed by atoms with Crippen molar-refractivity contribution in [1.29, 1.82) is 0 Å². The van der Waals surface area contributed by atoms with Crippen molar-refractivity contribution >= 4 is 27.1 Å². The summed E-state index contributed by atoms with van der Waals surface area (Å²) in [6.07, 6.45) is 0.902. The third-order valence-corrected chi connectivity index (χ3v) is 6.80. The SMILES string of the molecule is CCc1ccc(Nc2ccc(S(=O)(=O)N3CCN(C)CC3)cc2[N+](=O)[O-])cc1. The molecule has 0 saturated carbocycles. The number of anilines is 2. The molecule has 2 aromatic rings. The quantitative estimate of drug-likeness (QED) is 0.588. The number of benzene rings is 2. The van der Waals surface area contributed by atoms with E-state index in [0.29, 0.717) is 31.9 Å². The number of rotatable bonds is 6. The molecule has 1 N–H and O–H groups in total. The molecule has 1 aliphatic rings. The van der Waals surface area contributed by atoms with Crippen molar-refractivity contribution in [3.05, 3.63) is 58.1 Å². The Balaban J connectivity index is 1.89. The van der Waals surface area contributed by atoms with Crippen molar-refractivity contribution in [3.63, 3.8) is 0 Å². The van der Waals surface area contributed by atoms with E-state index in [4.69, 9.17) is 0 Å². The number of sulfonamides is 1. The standard InChI is InChI=1S/C19H24N4O4S/c1-3-15-4-6-16(7-5-15)20-18-9-8-17(14-19(18)23(24)25)28(26,27)22-12-10-21(2)11-13-22/h4-9,14,20H,3,10-13H2,1-2H3. The van der Waals surface area contributed by atoms with Crippen molar-refractivity contribution in [2.45, 2.75) is 18.2 Å². The monoisotopic (exact) mass is 404 g/mol. The first-order chi connectivity index (χ1) is 13.3. The van der Waals surface area contributed by atoms with E-state index in [1.807, 2.05) is 43.1 Å². The summed E-state index contributed by atoms with van der Waals surface area (Å²) >= 11 is 0. The molecule has 28 heavy (non-hydrogen) atoms. The van der Waals surface area contributed by atoms with E-state index in [0.717, 1.165) is 18.1 Å². The number of hydrogen-bond acceptors (Lipinski definition) is 6. The summed E-state index contributed by atoms with van der Waals surface area (Å²) in [4.78, 5) is 13.0. The summed E-state index contributed by atoms with van der Waals surface area (Å²) in [5.41, 5.74) is 1.85. The van der Waals surface area contributed by atoms with Crippen LogP contribution in [0.5, 0.6) is 0 Å². The van der Waals surface area contributed by atoms with Crippen molar-refractivity contribution in [2.24, 2.45) is 0 Å². The highest BCUT2D eigenvalue weighted by Crippen LogP contribution is 2.31. The number of aryl methyl sites for hydroxylation is 1. The predicted molar refractivity (Wildman–Crippen MR) is 108 cm³/mol. The van der Waals surface area contributed by atoms with Gasteiger partial charge in [0.05, 0.1) is 9.82 Å². The number of nitro groups is 1. The minimum Gasteiger partial charge on any atom is -0.350 e. The first-order valence-electron chi connectivity index (χ1n) is 9.14. The average molecular weight is 404 g/mol. The Morgan fingerprint density at radius 2 is 1.71 bits per heavy atom. The van der Waals surface area contributed by atoms with Crippen LogP contribution < -0.4 is 5.32 Å². The van der Waals surface area contributed by atoms with E-state index in [1.165, 1.54) is 16.4 Å². The van der Waals surface area contributed by atoms with Gasteiger partial charge in [-0.3, -0.25) is 10.1 Å². The summed E-state index contributed by atoms with van der Waals surface area (Å²) < 4.78 is 27.1. The average Bonchev–Trinajstić information content (AvgIpc) is 2.69. The van der Waals surface area contributed by atoms with Crippen molar-refractivity contribution in [1.82, 2.24) is 9.21 Å². The normalized spacial score (nSPS) is 16.1. The number of nitro benzene ring substituents is 1. The van der Waals surface area contributed by atoms with E-state index in [9.17, 15) is 18.5 Å². The van der Waals surface area contributed by atoms with Crippen LogP contribution >= 0.6 is 0 Å². The minimum absolute atomic E-state index is 0.0596. The molecule has 0 atom stereocenters. The van der Waals surface area contributed by atoms with Gasteiger partial charge in [-0.1, -0.05) is 19.1 Å². The summed E-state index contributed by atoms with van der Waals surface area (Å²) in [5.74, 6) is 0. The second-order valence-corrected chi connectivity index (χ2v) is 8.76. The number of nitrogens with one attached hydrogen (secondary N) is 1. The molecule has 0 bridgehead atoms.